The van der Waals surface area contributed by atoms with E-state index in [1.54, 1.807) is 17.8 Å². The van der Waals surface area contributed by atoms with E-state index in [9.17, 15) is 9.18 Å². The van der Waals surface area contributed by atoms with Gasteiger partial charge in [-0.05, 0) is 30.4 Å². The average Bonchev–Trinajstić information content (AvgIpc) is 2.12. The van der Waals surface area contributed by atoms with Gasteiger partial charge >= 0.3 is 0 Å². The predicted molar refractivity (Wildman–Crippen MR) is 55.0 cm³/mol. The summed E-state index contributed by atoms with van der Waals surface area (Å²) in [5.41, 5.74) is 0.597. The summed E-state index contributed by atoms with van der Waals surface area (Å²) in [5.74, 6) is 0.564. The van der Waals surface area contributed by atoms with Crippen LogP contribution in [-0.4, -0.2) is 11.7 Å². The molecule has 2 rings (SSSR count). The maximum absolute atomic E-state index is 12.9. The zero-order valence-corrected chi connectivity index (χ0v) is 8.36. The second-order valence-corrected chi connectivity index (χ2v) is 4.28. The number of halogens is 1. The molecule has 2 nitrogen and oxygen atoms in total. The van der Waals surface area contributed by atoms with E-state index in [2.05, 4.69) is 5.32 Å². The van der Waals surface area contributed by atoms with Crippen molar-refractivity contribution >= 4 is 23.4 Å². The topological polar surface area (TPSA) is 29.1 Å². The molecule has 1 aliphatic rings. The molecule has 1 amide bonds. The average molecular weight is 211 g/mol. The molecule has 0 saturated heterocycles. The first-order valence-electron chi connectivity index (χ1n) is 4.48. The van der Waals surface area contributed by atoms with Gasteiger partial charge in [0.1, 0.15) is 5.82 Å². The second-order valence-electron chi connectivity index (χ2n) is 3.14. The molecule has 0 bridgehead atoms. The van der Waals surface area contributed by atoms with Crippen LogP contribution in [0.5, 0.6) is 0 Å². The van der Waals surface area contributed by atoms with Crippen molar-refractivity contribution in [2.24, 2.45) is 0 Å². The molecular weight excluding hydrogens is 201 g/mol. The van der Waals surface area contributed by atoms with Gasteiger partial charge < -0.3 is 5.32 Å². The molecule has 1 aromatic rings. The Labute approximate surface area is 85.9 Å². The van der Waals surface area contributed by atoms with E-state index in [0.717, 1.165) is 17.1 Å². The Balaban J connectivity index is 2.34. The lowest BCUT2D eigenvalue weighted by molar-refractivity contribution is -0.116. The fourth-order valence-corrected chi connectivity index (χ4v) is 2.29. The van der Waals surface area contributed by atoms with Crippen molar-refractivity contribution in [3.05, 3.63) is 24.0 Å². The minimum Gasteiger partial charge on any atom is -0.325 e. The number of amides is 1. The number of carbonyl (C=O) groups excluding carboxylic acids is 1. The predicted octanol–water partition coefficient (Wildman–Crippen LogP) is 2.65. The van der Waals surface area contributed by atoms with Crippen LogP contribution in [0, 0.1) is 5.82 Å². The molecule has 1 aliphatic heterocycles. The zero-order chi connectivity index (χ0) is 9.97. The number of carbonyl (C=O) groups is 1. The highest BCUT2D eigenvalue weighted by Gasteiger charge is 2.11. The molecule has 14 heavy (non-hydrogen) atoms. The van der Waals surface area contributed by atoms with E-state index in [1.165, 1.54) is 12.1 Å². The van der Waals surface area contributed by atoms with Gasteiger partial charge in [-0.3, -0.25) is 4.79 Å². The molecule has 4 heteroatoms. The van der Waals surface area contributed by atoms with Gasteiger partial charge in [-0.15, -0.1) is 11.8 Å². The third-order valence-electron chi connectivity index (χ3n) is 2.02. The van der Waals surface area contributed by atoms with Crippen LogP contribution in [0.25, 0.3) is 0 Å². The van der Waals surface area contributed by atoms with Gasteiger partial charge in [0.15, 0.2) is 0 Å². The molecule has 1 heterocycles. The van der Waals surface area contributed by atoms with Gasteiger partial charge in [0, 0.05) is 11.3 Å². The van der Waals surface area contributed by atoms with Crippen LogP contribution in [-0.2, 0) is 4.79 Å². The third-order valence-corrected chi connectivity index (χ3v) is 3.18. The number of thioether (sulfide) groups is 1. The zero-order valence-electron chi connectivity index (χ0n) is 7.55. The van der Waals surface area contributed by atoms with Gasteiger partial charge in [0.05, 0.1) is 5.69 Å². The first kappa shape index (κ1) is 9.52. The summed E-state index contributed by atoms with van der Waals surface area (Å²) in [6, 6.07) is 4.49. The Morgan fingerprint density at radius 3 is 3.14 bits per heavy atom. The van der Waals surface area contributed by atoms with Crippen molar-refractivity contribution in [2.45, 2.75) is 17.7 Å². The first-order valence-corrected chi connectivity index (χ1v) is 5.46. The highest BCUT2D eigenvalue weighted by molar-refractivity contribution is 7.99. The maximum atomic E-state index is 12.9. The van der Waals surface area contributed by atoms with Gasteiger partial charge in [-0.25, -0.2) is 4.39 Å². The van der Waals surface area contributed by atoms with Gasteiger partial charge in [0.25, 0.3) is 0 Å². The molecule has 0 saturated carbocycles. The number of hydrogen-bond donors (Lipinski definition) is 1. The van der Waals surface area contributed by atoms with Crippen molar-refractivity contribution in [1.82, 2.24) is 0 Å². The maximum Gasteiger partial charge on any atom is 0.224 e. The van der Waals surface area contributed by atoms with Crippen molar-refractivity contribution in [2.75, 3.05) is 11.1 Å². The quantitative estimate of drug-likeness (QED) is 0.714. The third kappa shape index (κ3) is 2.07. The molecule has 0 unspecified atom stereocenters. The lowest BCUT2D eigenvalue weighted by Gasteiger charge is -2.13. The van der Waals surface area contributed by atoms with Crippen LogP contribution < -0.4 is 5.32 Å². The molecular formula is C10H10FNOS. The van der Waals surface area contributed by atoms with Crippen molar-refractivity contribution in [1.29, 1.82) is 0 Å². The van der Waals surface area contributed by atoms with Crippen LogP contribution in [0.2, 0.25) is 0 Å². The largest absolute Gasteiger partial charge is 0.325 e. The van der Waals surface area contributed by atoms with E-state index < -0.39 is 0 Å². The number of rotatable bonds is 0. The lowest BCUT2D eigenvalue weighted by Crippen LogP contribution is -2.14. The van der Waals surface area contributed by atoms with Gasteiger partial charge in [-0.1, -0.05) is 0 Å². The van der Waals surface area contributed by atoms with Crippen LogP contribution >= 0.6 is 11.8 Å². The van der Waals surface area contributed by atoms with Gasteiger partial charge in [-0.2, -0.15) is 0 Å². The Bertz CT molecular complexity index is 367. The summed E-state index contributed by atoms with van der Waals surface area (Å²) in [7, 11) is 0. The minimum atomic E-state index is -0.315. The summed E-state index contributed by atoms with van der Waals surface area (Å²) >= 11 is 1.65. The summed E-state index contributed by atoms with van der Waals surface area (Å²) < 4.78 is 12.9. The Morgan fingerprint density at radius 2 is 2.29 bits per heavy atom. The molecule has 74 valence electrons. The van der Waals surface area contributed by atoms with E-state index in [-0.39, 0.29) is 11.7 Å². The van der Waals surface area contributed by atoms with E-state index in [4.69, 9.17) is 0 Å². The highest BCUT2D eigenvalue weighted by atomic mass is 32.2. The van der Waals surface area contributed by atoms with E-state index in [1.807, 2.05) is 0 Å². The van der Waals surface area contributed by atoms with E-state index in [0.29, 0.717) is 12.1 Å². The van der Waals surface area contributed by atoms with Gasteiger partial charge in [0.2, 0.25) is 5.91 Å². The van der Waals surface area contributed by atoms with Crippen molar-refractivity contribution in [3.8, 4) is 0 Å². The summed E-state index contributed by atoms with van der Waals surface area (Å²) in [6.07, 6.45) is 1.39. The monoisotopic (exact) mass is 211 g/mol. The van der Waals surface area contributed by atoms with Crippen LogP contribution in [0.4, 0.5) is 10.1 Å². The summed E-state index contributed by atoms with van der Waals surface area (Å²) in [4.78, 5) is 12.2. The molecule has 1 aromatic carbocycles. The standard InChI is InChI=1S/C10H10FNOS/c11-7-3-4-9-8(6-7)12-10(13)2-1-5-14-9/h3-4,6H,1-2,5H2,(H,12,13). The molecule has 0 aliphatic carbocycles. The minimum absolute atomic E-state index is 0.0304. The SMILES string of the molecule is O=C1CCCSc2ccc(F)cc2N1. The lowest BCUT2D eigenvalue weighted by atomic mass is 10.2. The normalized spacial score (nSPS) is 16.5. The molecule has 0 radical (unpaired) electrons. The molecule has 0 spiro atoms. The number of benzene rings is 1. The first-order chi connectivity index (χ1) is 6.75. The fourth-order valence-electron chi connectivity index (χ4n) is 1.35. The summed E-state index contributed by atoms with van der Waals surface area (Å²) in [5, 5.41) is 2.70. The Kier molecular flexibility index (Phi) is 2.72. The molecule has 1 N–H and O–H groups in total. The highest BCUT2D eigenvalue weighted by Crippen LogP contribution is 2.30. The van der Waals surface area contributed by atoms with Crippen molar-refractivity contribution in [3.63, 3.8) is 0 Å². The molecule has 0 atom stereocenters. The number of fused-ring (bicyclic) bond motifs is 1. The Morgan fingerprint density at radius 1 is 1.43 bits per heavy atom. The number of nitrogens with one attached hydrogen (secondary N) is 1. The molecule has 0 fully saturated rings. The van der Waals surface area contributed by atoms with Crippen LogP contribution in [0.1, 0.15) is 12.8 Å². The Hall–Kier alpha value is -1.03. The molecule has 0 aromatic heterocycles. The smallest absolute Gasteiger partial charge is 0.224 e. The van der Waals surface area contributed by atoms with Crippen LogP contribution in [0.15, 0.2) is 23.1 Å². The summed E-state index contributed by atoms with van der Waals surface area (Å²) in [6.45, 7) is 0. The van der Waals surface area contributed by atoms with Crippen molar-refractivity contribution < 1.29 is 9.18 Å². The van der Waals surface area contributed by atoms with E-state index >= 15 is 0 Å². The number of hydrogen-bond acceptors (Lipinski definition) is 2. The number of anilines is 1. The fraction of sp³-hybridized carbons (Fsp3) is 0.300. The second kappa shape index (κ2) is 4.00. The van der Waals surface area contributed by atoms with Crippen LogP contribution in [0.3, 0.4) is 0 Å².